The Morgan fingerprint density at radius 1 is 1.13 bits per heavy atom. The summed E-state index contributed by atoms with van der Waals surface area (Å²) in [7, 11) is 2.28. The molecule has 0 bridgehead atoms. The predicted molar refractivity (Wildman–Crippen MR) is 87.3 cm³/mol. The molecule has 0 aromatic carbocycles. The Bertz CT molecular complexity index is 459. The van der Waals surface area contributed by atoms with Crippen molar-refractivity contribution in [2.45, 2.75) is 51.0 Å². The van der Waals surface area contributed by atoms with E-state index >= 15 is 0 Å². The van der Waals surface area contributed by atoms with Crippen LogP contribution in [0, 0.1) is 0 Å². The topological polar surface area (TPSA) is 90.7 Å². The maximum Gasteiger partial charge on any atom is 0.414 e. The van der Waals surface area contributed by atoms with E-state index in [1.54, 1.807) is 0 Å². The quantitative estimate of drug-likeness (QED) is 0.653. The van der Waals surface area contributed by atoms with Gasteiger partial charge in [-0.15, -0.1) is 0 Å². The average Bonchev–Trinajstić information content (AvgIpc) is 2.83. The summed E-state index contributed by atoms with van der Waals surface area (Å²) in [4.78, 5) is 25.1. The summed E-state index contributed by atoms with van der Waals surface area (Å²) in [6.07, 6.45) is 11.4. The maximum atomic E-state index is 9.10. The molecule has 2 rings (SSSR count). The minimum Gasteiger partial charge on any atom is -0.473 e. The number of nitrogens with zero attached hydrogens (tertiary/aromatic N) is 2. The van der Waals surface area contributed by atoms with Crippen molar-refractivity contribution in [3.8, 4) is 0 Å². The van der Waals surface area contributed by atoms with Crippen molar-refractivity contribution in [3.63, 3.8) is 0 Å². The molecule has 1 aliphatic carbocycles. The molecule has 0 atom stereocenters. The lowest BCUT2D eigenvalue weighted by Crippen LogP contribution is -2.33. The molecule has 23 heavy (non-hydrogen) atoms. The third kappa shape index (κ3) is 8.30. The molecule has 1 aliphatic rings. The molecule has 1 aromatic heterocycles. The molecule has 0 saturated heterocycles. The minimum atomic E-state index is -1.82. The van der Waals surface area contributed by atoms with Crippen LogP contribution in [0.5, 0.6) is 0 Å². The van der Waals surface area contributed by atoms with Gasteiger partial charge in [0.1, 0.15) is 0 Å². The summed E-state index contributed by atoms with van der Waals surface area (Å²) in [6, 6.07) is 6.99. The van der Waals surface area contributed by atoms with E-state index in [1.165, 1.54) is 44.2 Å². The molecule has 0 radical (unpaired) electrons. The molecule has 1 fully saturated rings. The van der Waals surface area contributed by atoms with Gasteiger partial charge in [-0.25, -0.2) is 9.59 Å². The van der Waals surface area contributed by atoms with E-state index in [0.717, 1.165) is 19.0 Å². The van der Waals surface area contributed by atoms with Gasteiger partial charge in [-0.05, 0) is 32.0 Å². The number of likely N-dealkylation sites (N-methyl/N-ethyl adjacent to an activating group) is 1. The monoisotopic (exact) mass is 322 g/mol. The molecule has 6 nitrogen and oxygen atoms in total. The van der Waals surface area contributed by atoms with Crippen molar-refractivity contribution in [3.05, 3.63) is 30.1 Å². The van der Waals surface area contributed by atoms with Crippen molar-refractivity contribution >= 4 is 11.9 Å². The van der Waals surface area contributed by atoms with Gasteiger partial charge in [0.15, 0.2) is 0 Å². The summed E-state index contributed by atoms with van der Waals surface area (Å²) < 4.78 is 0. The Balaban J connectivity index is 0.000000379. The lowest BCUT2D eigenvalue weighted by Gasteiger charge is -2.26. The van der Waals surface area contributed by atoms with E-state index < -0.39 is 11.9 Å². The minimum absolute atomic E-state index is 0.807. The Morgan fingerprint density at radius 2 is 1.74 bits per heavy atom. The highest BCUT2D eigenvalue weighted by atomic mass is 16.4. The van der Waals surface area contributed by atoms with Crippen LogP contribution in [-0.2, 0) is 16.0 Å². The second-order valence-electron chi connectivity index (χ2n) is 5.81. The summed E-state index contributed by atoms with van der Waals surface area (Å²) in [5.74, 6) is -3.65. The van der Waals surface area contributed by atoms with Crippen molar-refractivity contribution in [2.24, 2.45) is 0 Å². The molecule has 0 unspecified atom stereocenters. The Kier molecular flexibility index (Phi) is 8.90. The van der Waals surface area contributed by atoms with Gasteiger partial charge in [-0.3, -0.25) is 4.98 Å². The third-order valence-corrected chi connectivity index (χ3v) is 4.08. The summed E-state index contributed by atoms with van der Waals surface area (Å²) in [6.45, 7) is 1.14. The zero-order chi connectivity index (χ0) is 17.1. The first kappa shape index (κ1) is 19.1. The van der Waals surface area contributed by atoms with Gasteiger partial charge in [0.25, 0.3) is 0 Å². The highest BCUT2D eigenvalue weighted by Crippen LogP contribution is 2.21. The molecule has 0 aliphatic heterocycles. The Hall–Kier alpha value is -1.95. The van der Waals surface area contributed by atoms with Gasteiger partial charge < -0.3 is 15.1 Å². The number of carboxylic acids is 2. The second kappa shape index (κ2) is 10.7. The molecular weight excluding hydrogens is 296 g/mol. The fourth-order valence-electron chi connectivity index (χ4n) is 2.72. The molecule has 1 heterocycles. The molecule has 128 valence electrons. The van der Waals surface area contributed by atoms with Crippen LogP contribution in [0.2, 0.25) is 0 Å². The first-order chi connectivity index (χ1) is 11.0. The molecule has 1 aromatic rings. The van der Waals surface area contributed by atoms with Crippen LogP contribution in [-0.4, -0.2) is 51.7 Å². The van der Waals surface area contributed by atoms with Crippen molar-refractivity contribution < 1.29 is 19.8 Å². The van der Waals surface area contributed by atoms with Gasteiger partial charge in [-0.1, -0.05) is 31.7 Å². The largest absolute Gasteiger partial charge is 0.473 e. The standard InChI is InChI=1S/C15H24N2.C2H2O4/c1-17(15-9-4-2-3-5-10-15)13-11-14-8-6-7-12-16-14;3-1(4)2(5)6/h6-8,12,15H,2-5,9-11,13H2,1H3;(H,3,4)(H,5,6). The number of carboxylic acid groups (broad SMARTS) is 2. The zero-order valence-electron chi connectivity index (χ0n) is 13.6. The van der Waals surface area contributed by atoms with E-state index in [1.807, 2.05) is 12.3 Å². The number of carbonyl (C=O) groups is 2. The smallest absolute Gasteiger partial charge is 0.414 e. The van der Waals surface area contributed by atoms with Crippen LogP contribution >= 0.6 is 0 Å². The number of aliphatic carboxylic acids is 2. The zero-order valence-corrected chi connectivity index (χ0v) is 13.6. The molecule has 1 saturated carbocycles. The summed E-state index contributed by atoms with van der Waals surface area (Å²) in [5, 5.41) is 14.8. The second-order valence-corrected chi connectivity index (χ2v) is 5.81. The number of pyridine rings is 1. The van der Waals surface area contributed by atoms with Gasteiger partial charge in [0.05, 0.1) is 0 Å². The highest BCUT2D eigenvalue weighted by Gasteiger charge is 2.16. The van der Waals surface area contributed by atoms with E-state index in [4.69, 9.17) is 19.8 Å². The first-order valence-corrected chi connectivity index (χ1v) is 8.07. The lowest BCUT2D eigenvalue weighted by atomic mass is 10.1. The number of aromatic nitrogens is 1. The van der Waals surface area contributed by atoms with Gasteiger partial charge in [0.2, 0.25) is 0 Å². The van der Waals surface area contributed by atoms with E-state index in [0.29, 0.717) is 0 Å². The molecule has 0 amide bonds. The van der Waals surface area contributed by atoms with Crippen molar-refractivity contribution in [1.82, 2.24) is 9.88 Å². The summed E-state index contributed by atoms with van der Waals surface area (Å²) >= 11 is 0. The fourth-order valence-corrected chi connectivity index (χ4v) is 2.72. The lowest BCUT2D eigenvalue weighted by molar-refractivity contribution is -0.159. The van der Waals surface area contributed by atoms with Crippen LogP contribution in [0.3, 0.4) is 0 Å². The SMILES string of the molecule is CN(CCc1ccccn1)C1CCCCCC1.O=C(O)C(=O)O. The first-order valence-electron chi connectivity index (χ1n) is 8.07. The van der Waals surface area contributed by atoms with Crippen molar-refractivity contribution in [1.29, 1.82) is 0 Å². The number of hydrogen-bond donors (Lipinski definition) is 2. The predicted octanol–water partition coefficient (Wildman–Crippen LogP) is 2.43. The van der Waals surface area contributed by atoms with E-state index in [-0.39, 0.29) is 0 Å². The summed E-state index contributed by atoms with van der Waals surface area (Å²) in [5.41, 5.74) is 1.22. The molecule has 2 N–H and O–H groups in total. The number of rotatable bonds is 4. The van der Waals surface area contributed by atoms with Gasteiger partial charge in [0, 0.05) is 30.9 Å². The normalized spacial score (nSPS) is 15.4. The van der Waals surface area contributed by atoms with E-state index in [9.17, 15) is 0 Å². The van der Waals surface area contributed by atoms with Crippen LogP contribution in [0.15, 0.2) is 24.4 Å². The van der Waals surface area contributed by atoms with Crippen LogP contribution in [0.4, 0.5) is 0 Å². The van der Waals surface area contributed by atoms with Gasteiger partial charge >= 0.3 is 11.9 Å². The van der Waals surface area contributed by atoms with E-state index in [2.05, 4.69) is 29.1 Å². The molecular formula is C17H26N2O4. The van der Waals surface area contributed by atoms with Crippen molar-refractivity contribution in [2.75, 3.05) is 13.6 Å². The van der Waals surface area contributed by atoms with Gasteiger partial charge in [-0.2, -0.15) is 0 Å². The maximum absolute atomic E-state index is 9.10. The van der Waals surface area contributed by atoms with Crippen LogP contribution < -0.4 is 0 Å². The average molecular weight is 322 g/mol. The highest BCUT2D eigenvalue weighted by molar-refractivity contribution is 6.27. The Labute approximate surface area is 137 Å². The fraction of sp³-hybridized carbons (Fsp3) is 0.588. The molecule has 6 heteroatoms. The van der Waals surface area contributed by atoms with Crippen LogP contribution in [0.1, 0.15) is 44.2 Å². The van der Waals surface area contributed by atoms with Crippen LogP contribution in [0.25, 0.3) is 0 Å². The Morgan fingerprint density at radius 3 is 2.22 bits per heavy atom. The third-order valence-electron chi connectivity index (χ3n) is 4.08. The number of hydrogen-bond acceptors (Lipinski definition) is 4. The molecule has 0 spiro atoms.